The van der Waals surface area contributed by atoms with Crippen molar-refractivity contribution in [1.29, 1.82) is 0 Å². The average Bonchev–Trinajstić information content (AvgIpc) is 2.58. The lowest BCUT2D eigenvalue weighted by Crippen LogP contribution is -2.28. The number of aliphatic hydroxyl groups is 1. The van der Waals surface area contributed by atoms with Gasteiger partial charge in [-0.2, -0.15) is 0 Å². The van der Waals surface area contributed by atoms with Crippen LogP contribution in [0.25, 0.3) is 0 Å². The average molecular weight is 196 g/mol. The van der Waals surface area contributed by atoms with Crippen molar-refractivity contribution in [1.82, 2.24) is 5.32 Å². The van der Waals surface area contributed by atoms with Crippen LogP contribution in [0.1, 0.15) is 12.0 Å². The van der Waals surface area contributed by atoms with Gasteiger partial charge in [0.1, 0.15) is 11.4 Å². The van der Waals surface area contributed by atoms with E-state index in [-0.39, 0.29) is 5.69 Å². The minimum Gasteiger partial charge on any atom is -0.396 e. The van der Waals surface area contributed by atoms with E-state index in [1.54, 1.807) is 6.07 Å². The molecule has 1 unspecified atom stereocenters. The molecule has 0 spiro atoms. The van der Waals surface area contributed by atoms with Crippen LogP contribution in [0.15, 0.2) is 18.2 Å². The van der Waals surface area contributed by atoms with Crippen LogP contribution in [0, 0.1) is 5.82 Å². The Hall–Kier alpha value is -1.13. The molecule has 1 aromatic carbocycles. The first-order chi connectivity index (χ1) is 6.62. The quantitative estimate of drug-likeness (QED) is 0.576. The summed E-state index contributed by atoms with van der Waals surface area (Å²) in [5.41, 5.74) is 5.32. The second-order valence-corrected chi connectivity index (χ2v) is 3.69. The molecule has 14 heavy (non-hydrogen) atoms. The van der Waals surface area contributed by atoms with E-state index in [1.807, 2.05) is 0 Å². The summed E-state index contributed by atoms with van der Waals surface area (Å²) in [6, 6.07) is 4.38. The van der Waals surface area contributed by atoms with Gasteiger partial charge in [-0.3, -0.25) is 0 Å². The van der Waals surface area contributed by atoms with Gasteiger partial charge >= 0.3 is 0 Å². The van der Waals surface area contributed by atoms with Gasteiger partial charge in [-0.05, 0) is 30.7 Å². The molecule has 1 atom stereocenters. The van der Waals surface area contributed by atoms with Gasteiger partial charge in [0, 0.05) is 6.54 Å². The zero-order valence-corrected chi connectivity index (χ0v) is 7.76. The number of hydrogen-bond donors (Lipinski definition) is 3. The Kier molecular flexibility index (Phi) is 2.17. The highest BCUT2D eigenvalue weighted by Crippen LogP contribution is 2.29. The first-order valence-electron chi connectivity index (χ1n) is 4.60. The fraction of sp³-hybridized carbons (Fsp3) is 0.400. The standard InChI is InChI=1S/C10H13FN2O/c11-8-2-1-7(5-9(8)12)10(14)3-4-13-6-10/h1-2,5,13-14H,3-4,6,12H2. The number of benzene rings is 1. The lowest BCUT2D eigenvalue weighted by molar-refractivity contribution is 0.0587. The maximum Gasteiger partial charge on any atom is 0.146 e. The monoisotopic (exact) mass is 196 g/mol. The molecule has 1 aliphatic rings. The Morgan fingerprint density at radius 3 is 2.86 bits per heavy atom. The second kappa shape index (κ2) is 3.22. The van der Waals surface area contributed by atoms with Crippen molar-refractivity contribution in [2.24, 2.45) is 0 Å². The van der Waals surface area contributed by atoms with Gasteiger partial charge in [0.05, 0.1) is 5.69 Å². The van der Waals surface area contributed by atoms with Gasteiger partial charge in [-0.25, -0.2) is 4.39 Å². The third kappa shape index (κ3) is 1.47. The maximum absolute atomic E-state index is 12.9. The Morgan fingerprint density at radius 1 is 1.50 bits per heavy atom. The fourth-order valence-electron chi connectivity index (χ4n) is 1.76. The molecule has 4 heteroatoms. The van der Waals surface area contributed by atoms with Crippen LogP contribution in [0.2, 0.25) is 0 Å². The van der Waals surface area contributed by atoms with E-state index in [1.165, 1.54) is 12.1 Å². The van der Waals surface area contributed by atoms with Crippen LogP contribution < -0.4 is 11.1 Å². The van der Waals surface area contributed by atoms with Crippen molar-refractivity contribution >= 4 is 5.69 Å². The van der Waals surface area contributed by atoms with Gasteiger partial charge in [-0.15, -0.1) is 0 Å². The number of nitrogens with one attached hydrogen (secondary N) is 1. The molecule has 0 radical (unpaired) electrons. The Morgan fingerprint density at radius 2 is 2.29 bits per heavy atom. The highest BCUT2D eigenvalue weighted by Gasteiger charge is 2.33. The summed E-state index contributed by atoms with van der Waals surface area (Å²) in [5, 5.41) is 13.2. The summed E-state index contributed by atoms with van der Waals surface area (Å²) in [6.45, 7) is 1.27. The van der Waals surface area contributed by atoms with E-state index in [2.05, 4.69) is 5.32 Å². The summed E-state index contributed by atoms with van der Waals surface area (Å²) in [5.74, 6) is -0.441. The molecule has 4 N–H and O–H groups in total. The van der Waals surface area contributed by atoms with Crippen molar-refractivity contribution in [2.75, 3.05) is 18.8 Å². The molecule has 1 aliphatic heterocycles. The van der Waals surface area contributed by atoms with Gasteiger partial charge < -0.3 is 16.2 Å². The number of nitrogen functional groups attached to an aromatic ring is 1. The second-order valence-electron chi connectivity index (χ2n) is 3.69. The molecule has 0 aliphatic carbocycles. The molecule has 0 amide bonds. The van der Waals surface area contributed by atoms with Crippen molar-refractivity contribution in [3.63, 3.8) is 0 Å². The smallest absolute Gasteiger partial charge is 0.146 e. The van der Waals surface area contributed by atoms with Crippen LogP contribution in [0.5, 0.6) is 0 Å². The van der Waals surface area contributed by atoms with Crippen molar-refractivity contribution < 1.29 is 9.50 Å². The van der Waals surface area contributed by atoms with Crippen LogP contribution >= 0.6 is 0 Å². The largest absolute Gasteiger partial charge is 0.396 e. The highest BCUT2D eigenvalue weighted by molar-refractivity contribution is 5.44. The van der Waals surface area contributed by atoms with Crippen molar-refractivity contribution in [2.45, 2.75) is 12.0 Å². The van der Waals surface area contributed by atoms with Crippen molar-refractivity contribution in [3.8, 4) is 0 Å². The predicted molar refractivity (Wildman–Crippen MR) is 52.2 cm³/mol. The lowest BCUT2D eigenvalue weighted by Gasteiger charge is -2.22. The van der Waals surface area contributed by atoms with E-state index in [4.69, 9.17) is 5.73 Å². The summed E-state index contributed by atoms with van der Waals surface area (Å²) in [7, 11) is 0. The van der Waals surface area contributed by atoms with Crippen LogP contribution in [-0.4, -0.2) is 18.2 Å². The van der Waals surface area contributed by atoms with Crippen LogP contribution in [0.3, 0.4) is 0 Å². The summed E-state index contributed by atoms with van der Waals surface area (Å²) in [4.78, 5) is 0. The van der Waals surface area contributed by atoms with E-state index < -0.39 is 11.4 Å². The number of anilines is 1. The van der Waals surface area contributed by atoms with Crippen molar-refractivity contribution in [3.05, 3.63) is 29.6 Å². The molecule has 0 saturated carbocycles. The Labute approximate surface area is 81.7 Å². The van der Waals surface area contributed by atoms with Crippen LogP contribution in [0.4, 0.5) is 10.1 Å². The zero-order valence-electron chi connectivity index (χ0n) is 7.76. The first kappa shape index (κ1) is 9.43. The molecule has 1 fully saturated rings. The number of nitrogens with two attached hydrogens (primary N) is 1. The maximum atomic E-state index is 12.9. The predicted octanol–water partition coefficient (Wildman–Crippen LogP) is 0.589. The van der Waals surface area contributed by atoms with E-state index in [9.17, 15) is 9.50 Å². The summed E-state index contributed by atoms with van der Waals surface area (Å²) >= 11 is 0. The van der Waals surface area contributed by atoms with Gasteiger partial charge in [0.25, 0.3) is 0 Å². The third-order valence-electron chi connectivity index (χ3n) is 2.67. The van der Waals surface area contributed by atoms with E-state index in [0.717, 1.165) is 6.54 Å². The molecule has 76 valence electrons. The molecule has 0 bridgehead atoms. The fourth-order valence-corrected chi connectivity index (χ4v) is 1.76. The number of halogens is 1. The highest BCUT2D eigenvalue weighted by atomic mass is 19.1. The van der Waals surface area contributed by atoms with Gasteiger partial charge in [-0.1, -0.05) is 6.07 Å². The molecular formula is C10H13FN2O. The molecular weight excluding hydrogens is 183 g/mol. The Balaban J connectivity index is 2.36. The minimum atomic E-state index is -0.887. The molecule has 1 heterocycles. The lowest BCUT2D eigenvalue weighted by atomic mass is 9.93. The minimum absolute atomic E-state index is 0.0859. The Bertz CT molecular complexity index is 348. The van der Waals surface area contributed by atoms with E-state index >= 15 is 0 Å². The topological polar surface area (TPSA) is 58.3 Å². The zero-order chi connectivity index (χ0) is 10.2. The SMILES string of the molecule is Nc1cc(C2(O)CCNC2)ccc1F. The molecule has 1 saturated heterocycles. The summed E-state index contributed by atoms with van der Waals surface area (Å²) < 4.78 is 12.9. The van der Waals surface area contributed by atoms with Gasteiger partial charge in [0.15, 0.2) is 0 Å². The molecule has 0 aromatic heterocycles. The van der Waals surface area contributed by atoms with Crippen LogP contribution in [-0.2, 0) is 5.60 Å². The first-order valence-corrected chi connectivity index (χ1v) is 4.60. The number of β-amino-alcohol motifs (C(OH)–C–C–N with tert-alkyl or cyclic N) is 1. The third-order valence-corrected chi connectivity index (χ3v) is 2.67. The number of hydrogen-bond acceptors (Lipinski definition) is 3. The molecule has 1 aromatic rings. The molecule has 2 rings (SSSR count). The van der Waals surface area contributed by atoms with E-state index in [0.29, 0.717) is 18.5 Å². The molecule has 3 nitrogen and oxygen atoms in total. The number of rotatable bonds is 1. The normalized spacial score (nSPS) is 26.7. The van der Waals surface area contributed by atoms with Gasteiger partial charge in [0.2, 0.25) is 0 Å². The summed E-state index contributed by atoms with van der Waals surface area (Å²) in [6.07, 6.45) is 0.637.